The van der Waals surface area contributed by atoms with Crippen LogP contribution in [-0.4, -0.2) is 12.1 Å². The fourth-order valence-corrected chi connectivity index (χ4v) is 1.25. The van der Waals surface area contributed by atoms with E-state index in [1.165, 1.54) is 0 Å². The molecule has 0 aliphatic carbocycles. The van der Waals surface area contributed by atoms with Crippen molar-refractivity contribution >= 4 is 12.1 Å². The smallest absolute Gasteiger partial charge is 0.162 e. The Morgan fingerprint density at radius 1 is 1.38 bits per heavy atom. The summed E-state index contributed by atoms with van der Waals surface area (Å²) in [5.41, 5.74) is 1.50. The van der Waals surface area contributed by atoms with Crippen LogP contribution >= 0.6 is 0 Å². The molecule has 1 aromatic carbocycles. The highest BCUT2D eigenvalue weighted by atomic mass is 16.1. The average molecular weight is 176 g/mol. The summed E-state index contributed by atoms with van der Waals surface area (Å²) in [6, 6.07) is 7.24. The summed E-state index contributed by atoms with van der Waals surface area (Å²) in [6.07, 6.45) is 1.62. The van der Waals surface area contributed by atoms with Crippen LogP contribution in [0.5, 0.6) is 0 Å². The quantitative estimate of drug-likeness (QED) is 0.519. The first kappa shape index (κ1) is 9.65. The maximum absolute atomic E-state index is 11.4. The van der Waals surface area contributed by atoms with Crippen LogP contribution in [-0.2, 0) is 11.2 Å². The number of rotatable bonds is 4. The van der Waals surface area contributed by atoms with Crippen molar-refractivity contribution in [1.29, 1.82) is 0 Å². The molecule has 0 aromatic heterocycles. The van der Waals surface area contributed by atoms with Gasteiger partial charge in [0.1, 0.15) is 6.29 Å². The third-order valence-electron chi connectivity index (χ3n) is 1.94. The van der Waals surface area contributed by atoms with Crippen LogP contribution in [0.1, 0.15) is 29.3 Å². The molecular formula is C11H12O2. The molecule has 0 unspecified atom stereocenters. The Morgan fingerprint density at radius 3 is 2.69 bits per heavy atom. The fourth-order valence-electron chi connectivity index (χ4n) is 1.25. The van der Waals surface area contributed by atoms with Crippen molar-refractivity contribution in [1.82, 2.24) is 0 Å². The van der Waals surface area contributed by atoms with Crippen molar-refractivity contribution in [3.05, 3.63) is 35.4 Å². The first-order valence-electron chi connectivity index (χ1n) is 4.34. The maximum atomic E-state index is 11.4. The van der Waals surface area contributed by atoms with Gasteiger partial charge in [-0.05, 0) is 5.56 Å². The molecule has 68 valence electrons. The summed E-state index contributed by atoms with van der Waals surface area (Å²) < 4.78 is 0. The molecule has 0 spiro atoms. The first-order valence-corrected chi connectivity index (χ1v) is 4.34. The molecule has 0 radical (unpaired) electrons. The summed E-state index contributed by atoms with van der Waals surface area (Å²) in [5.74, 6) is 0.0949. The maximum Gasteiger partial charge on any atom is 0.162 e. The van der Waals surface area contributed by atoms with Crippen LogP contribution in [0.25, 0.3) is 0 Å². The van der Waals surface area contributed by atoms with E-state index >= 15 is 0 Å². The van der Waals surface area contributed by atoms with Crippen LogP contribution in [0.3, 0.4) is 0 Å². The van der Waals surface area contributed by atoms with Gasteiger partial charge in [0, 0.05) is 18.4 Å². The molecule has 13 heavy (non-hydrogen) atoms. The van der Waals surface area contributed by atoms with Crippen LogP contribution in [0.2, 0.25) is 0 Å². The van der Waals surface area contributed by atoms with E-state index in [1.807, 2.05) is 25.1 Å². The number of Topliss-reactive ketones (excluding diaryl/α,β-unsaturated/α-hetero) is 1. The van der Waals surface area contributed by atoms with Gasteiger partial charge in [-0.2, -0.15) is 0 Å². The number of benzene rings is 1. The lowest BCUT2D eigenvalue weighted by Crippen LogP contribution is -2.02. The zero-order chi connectivity index (χ0) is 9.68. The summed E-state index contributed by atoms with van der Waals surface area (Å²) in [6.45, 7) is 1.82. The lowest BCUT2D eigenvalue weighted by Gasteiger charge is -2.03. The molecule has 0 amide bonds. The monoisotopic (exact) mass is 176 g/mol. The van der Waals surface area contributed by atoms with Gasteiger partial charge in [-0.3, -0.25) is 4.79 Å². The van der Waals surface area contributed by atoms with Gasteiger partial charge in [0.05, 0.1) is 0 Å². The van der Waals surface area contributed by atoms with E-state index in [1.54, 1.807) is 6.07 Å². The van der Waals surface area contributed by atoms with Crippen molar-refractivity contribution in [3.63, 3.8) is 0 Å². The molecule has 2 heteroatoms. The highest BCUT2D eigenvalue weighted by Crippen LogP contribution is 2.10. The van der Waals surface area contributed by atoms with E-state index in [4.69, 9.17) is 0 Å². The number of aldehydes is 1. The topological polar surface area (TPSA) is 34.1 Å². The zero-order valence-electron chi connectivity index (χ0n) is 7.62. The molecule has 0 aliphatic heterocycles. The predicted octanol–water partition coefficient (Wildman–Crippen LogP) is 2.02. The van der Waals surface area contributed by atoms with Crippen molar-refractivity contribution in [2.75, 3.05) is 0 Å². The molecule has 2 nitrogen and oxygen atoms in total. The summed E-state index contributed by atoms with van der Waals surface area (Å²) in [7, 11) is 0. The van der Waals surface area contributed by atoms with E-state index in [9.17, 15) is 9.59 Å². The second kappa shape index (κ2) is 4.55. The summed E-state index contributed by atoms with van der Waals surface area (Å²) in [4.78, 5) is 21.7. The standard InChI is InChI=1S/C11H12O2/c1-2-11(13)10-6-4-3-5-9(10)7-8-12/h3-6,8H,2,7H2,1H3. The minimum absolute atomic E-state index is 0.0949. The molecule has 0 atom stereocenters. The van der Waals surface area contributed by atoms with Crippen molar-refractivity contribution in [2.45, 2.75) is 19.8 Å². The van der Waals surface area contributed by atoms with Crippen LogP contribution in [0.4, 0.5) is 0 Å². The van der Waals surface area contributed by atoms with Gasteiger partial charge in [0.2, 0.25) is 0 Å². The summed E-state index contributed by atoms with van der Waals surface area (Å²) >= 11 is 0. The van der Waals surface area contributed by atoms with Gasteiger partial charge in [-0.15, -0.1) is 0 Å². The normalized spacial score (nSPS) is 9.62. The molecular weight excluding hydrogens is 164 g/mol. The Kier molecular flexibility index (Phi) is 3.38. The lowest BCUT2D eigenvalue weighted by atomic mass is 10.0. The first-order chi connectivity index (χ1) is 6.29. The molecule has 1 aromatic rings. The Labute approximate surface area is 77.6 Å². The second-order valence-electron chi connectivity index (χ2n) is 2.80. The number of carbonyl (C=O) groups is 2. The molecule has 1 rings (SSSR count). The van der Waals surface area contributed by atoms with Gasteiger partial charge >= 0.3 is 0 Å². The van der Waals surface area contributed by atoms with E-state index in [0.29, 0.717) is 18.4 Å². The molecule has 0 aliphatic rings. The van der Waals surface area contributed by atoms with Gasteiger partial charge in [-0.25, -0.2) is 0 Å². The van der Waals surface area contributed by atoms with E-state index in [-0.39, 0.29) is 5.78 Å². The average Bonchev–Trinajstić information content (AvgIpc) is 2.18. The Hall–Kier alpha value is -1.44. The number of hydrogen-bond donors (Lipinski definition) is 0. The largest absolute Gasteiger partial charge is 0.303 e. The molecule has 0 fully saturated rings. The third kappa shape index (κ3) is 2.25. The minimum Gasteiger partial charge on any atom is -0.303 e. The molecule has 0 saturated carbocycles. The van der Waals surface area contributed by atoms with Gasteiger partial charge in [-0.1, -0.05) is 31.2 Å². The predicted molar refractivity (Wildman–Crippen MR) is 50.8 cm³/mol. The molecule has 0 heterocycles. The number of hydrogen-bond acceptors (Lipinski definition) is 2. The summed E-state index contributed by atoms with van der Waals surface area (Å²) in [5, 5.41) is 0. The molecule has 0 N–H and O–H groups in total. The van der Waals surface area contributed by atoms with E-state index in [0.717, 1.165) is 11.8 Å². The van der Waals surface area contributed by atoms with E-state index < -0.39 is 0 Å². The molecule has 0 bridgehead atoms. The van der Waals surface area contributed by atoms with Gasteiger partial charge in [0.15, 0.2) is 5.78 Å². The van der Waals surface area contributed by atoms with E-state index in [2.05, 4.69) is 0 Å². The van der Waals surface area contributed by atoms with Gasteiger partial charge < -0.3 is 4.79 Å². The second-order valence-corrected chi connectivity index (χ2v) is 2.80. The van der Waals surface area contributed by atoms with Crippen molar-refractivity contribution in [3.8, 4) is 0 Å². The van der Waals surface area contributed by atoms with Gasteiger partial charge in [0.25, 0.3) is 0 Å². The highest BCUT2D eigenvalue weighted by molar-refractivity contribution is 5.97. The number of ketones is 1. The highest BCUT2D eigenvalue weighted by Gasteiger charge is 2.07. The van der Waals surface area contributed by atoms with Crippen LogP contribution in [0, 0.1) is 0 Å². The lowest BCUT2D eigenvalue weighted by molar-refractivity contribution is -0.107. The van der Waals surface area contributed by atoms with Crippen molar-refractivity contribution < 1.29 is 9.59 Å². The third-order valence-corrected chi connectivity index (χ3v) is 1.94. The SMILES string of the molecule is CCC(=O)c1ccccc1CC=O. The van der Waals surface area contributed by atoms with Crippen LogP contribution < -0.4 is 0 Å². The Balaban J connectivity index is 3.03. The van der Waals surface area contributed by atoms with Crippen LogP contribution in [0.15, 0.2) is 24.3 Å². The fraction of sp³-hybridized carbons (Fsp3) is 0.273. The molecule has 0 saturated heterocycles. The number of carbonyl (C=O) groups excluding carboxylic acids is 2. The Morgan fingerprint density at radius 2 is 2.08 bits per heavy atom. The zero-order valence-corrected chi connectivity index (χ0v) is 7.62. The van der Waals surface area contributed by atoms with Crippen molar-refractivity contribution in [2.24, 2.45) is 0 Å². The minimum atomic E-state index is 0.0949. The Bertz CT molecular complexity index is 316.